The summed E-state index contributed by atoms with van der Waals surface area (Å²) in [5.74, 6) is -2.03. The highest BCUT2D eigenvalue weighted by Crippen LogP contribution is 2.27. The van der Waals surface area contributed by atoms with Crippen molar-refractivity contribution in [3.05, 3.63) is 52.0 Å². The molecule has 0 fully saturated rings. The predicted molar refractivity (Wildman–Crippen MR) is 80.5 cm³/mol. The molecular formula is C13H11BrF2N2O2S. The van der Waals surface area contributed by atoms with Gasteiger partial charge in [-0.15, -0.1) is 0 Å². The quantitative estimate of drug-likeness (QED) is 0.806. The lowest BCUT2D eigenvalue weighted by Gasteiger charge is -2.12. The Balaban J connectivity index is 2.47. The van der Waals surface area contributed by atoms with Gasteiger partial charge in [0.15, 0.2) is 11.6 Å². The Labute approximate surface area is 129 Å². The number of sulfonamides is 1. The van der Waals surface area contributed by atoms with E-state index >= 15 is 0 Å². The lowest BCUT2D eigenvalue weighted by atomic mass is 10.2. The third kappa shape index (κ3) is 3.33. The standard InChI is InChI=1S/C13H11BrF2N2O2S/c1-7-4-9(17)2-3-12(7)21(19,20)18-13-10(15)5-8(14)6-11(13)16/h2-6,18H,17H2,1H3. The van der Waals surface area contributed by atoms with Gasteiger partial charge in [-0.2, -0.15) is 0 Å². The van der Waals surface area contributed by atoms with Crippen molar-refractivity contribution < 1.29 is 17.2 Å². The largest absolute Gasteiger partial charge is 0.399 e. The molecule has 0 spiro atoms. The zero-order valence-corrected chi connectivity index (χ0v) is 13.2. The Morgan fingerprint density at radius 1 is 1.14 bits per heavy atom. The van der Waals surface area contributed by atoms with Crippen molar-refractivity contribution in [3.63, 3.8) is 0 Å². The summed E-state index contributed by atoms with van der Waals surface area (Å²) in [6.45, 7) is 1.54. The third-order valence-electron chi connectivity index (χ3n) is 2.73. The molecule has 21 heavy (non-hydrogen) atoms. The van der Waals surface area contributed by atoms with Crippen LogP contribution in [-0.2, 0) is 10.0 Å². The summed E-state index contributed by atoms with van der Waals surface area (Å²) in [5.41, 5.74) is 5.59. The molecule has 0 aromatic heterocycles. The molecule has 112 valence electrons. The number of benzene rings is 2. The fourth-order valence-corrected chi connectivity index (χ4v) is 3.51. The van der Waals surface area contributed by atoms with E-state index in [4.69, 9.17) is 5.73 Å². The van der Waals surface area contributed by atoms with Crippen LogP contribution in [0.2, 0.25) is 0 Å². The van der Waals surface area contributed by atoms with Crippen LogP contribution >= 0.6 is 15.9 Å². The van der Waals surface area contributed by atoms with Crippen LogP contribution in [0.15, 0.2) is 39.7 Å². The van der Waals surface area contributed by atoms with Gasteiger partial charge < -0.3 is 5.73 Å². The normalized spacial score (nSPS) is 11.4. The lowest BCUT2D eigenvalue weighted by Crippen LogP contribution is -2.16. The van der Waals surface area contributed by atoms with E-state index in [1.165, 1.54) is 18.2 Å². The maximum atomic E-state index is 13.7. The number of nitrogen functional groups attached to an aromatic ring is 1. The molecule has 2 aromatic carbocycles. The van der Waals surface area contributed by atoms with Crippen LogP contribution in [0, 0.1) is 18.6 Å². The Hall–Kier alpha value is -1.67. The summed E-state index contributed by atoms with van der Waals surface area (Å²) in [6, 6.07) is 6.08. The molecule has 0 amide bonds. The number of hydrogen-bond donors (Lipinski definition) is 2. The molecule has 0 aliphatic carbocycles. The molecular weight excluding hydrogens is 366 g/mol. The van der Waals surface area contributed by atoms with Gasteiger partial charge >= 0.3 is 0 Å². The maximum absolute atomic E-state index is 13.7. The minimum Gasteiger partial charge on any atom is -0.399 e. The van der Waals surface area contributed by atoms with Crippen LogP contribution in [0.5, 0.6) is 0 Å². The SMILES string of the molecule is Cc1cc(N)ccc1S(=O)(=O)Nc1c(F)cc(Br)cc1F. The van der Waals surface area contributed by atoms with Gasteiger partial charge in [0.2, 0.25) is 0 Å². The van der Waals surface area contributed by atoms with Crippen molar-refractivity contribution in [2.24, 2.45) is 0 Å². The average Bonchev–Trinajstić information content (AvgIpc) is 2.33. The fourth-order valence-electron chi connectivity index (χ4n) is 1.80. The van der Waals surface area contributed by atoms with Crippen molar-refractivity contribution in [2.45, 2.75) is 11.8 Å². The van der Waals surface area contributed by atoms with Gasteiger partial charge in [0.25, 0.3) is 10.0 Å². The zero-order chi connectivity index (χ0) is 15.8. The van der Waals surface area contributed by atoms with Crippen molar-refractivity contribution in [1.29, 1.82) is 0 Å². The van der Waals surface area contributed by atoms with Crippen molar-refractivity contribution >= 4 is 37.3 Å². The van der Waals surface area contributed by atoms with E-state index in [0.29, 0.717) is 11.3 Å². The van der Waals surface area contributed by atoms with Gasteiger partial charge in [0.05, 0.1) is 4.90 Å². The molecule has 0 aliphatic rings. The Morgan fingerprint density at radius 3 is 2.24 bits per heavy atom. The number of halogens is 3. The number of anilines is 2. The molecule has 8 heteroatoms. The van der Waals surface area contributed by atoms with E-state index in [2.05, 4.69) is 15.9 Å². The molecule has 0 saturated carbocycles. The highest BCUT2D eigenvalue weighted by molar-refractivity contribution is 9.10. The highest BCUT2D eigenvalue weighted by Gasteiger charge is 2.21. The van der Waals surface area contributed by atoms with E-state index in [9.17, 15) is 17.2 Å². The summed E-state index contributed by atoms with van der Waals surface area (Å²) in [6.07, 6.45) is 0. The van der Waals surface area contributed by atoms with Crippen LogP contribution < -0.4 is 10.5 Å². The zero-order valence-electron chi connectivity index (χ0n) is 10.8. The molecule has 2 rings (SSSR count). The fraction of sp³-hybridized carbons (Fsp3) is 0.0769. The summed E-state index contributed by atoms with van der Waals surface area (Å²) < 4.78 is 54.0. The number of nitrogens with two attached hydrogens (primary N) is 1. The number of nitrogens with one attached hydrogen (secondary N) is 1. The van der Waals surface area contributed by atoms with Gasteiger partial charge in [0.1, 0.15) is 5.69 Å². The lowest BCUT2D eigenvalue weighted by molar-refractivity contribution is 0.581. The first-order chi connectivity index (χ1) is 9.70. The maximum Gasteiger partial charge on any atom is 0.262 e. The van der Waals surface area contributed by atoms with Gasteiger partial charge in [-0.05, 0) is 42.8 Å². The predicted octanol–water partition coefficient (Wildman–Crippen LogP) is 3.42. The summed E-state index contributed by atoms with van der Waals surface area (Å²) >= 11 is 2.92. The molecule has 0 radical (unpaired) electrons. The molecule has 0 atom stereocenters. The van der Waals surface area contributed by atoms with Crippen LogP contribution in [0.1, 0.15) is 5.56 Å². The van der Waals surface area contributed by atoms with Crippen molar-refractivity contribution in [1.82, 2.24) is 0 Å². The van der Waals surface area contributed by atoms with Crippen molar-refractivity contribution in [2.75, 3.05) is 10.5 Å². The van der Waals surface area contributed by atoms with Crippen molar-refractivity contribution in [3.8, 4) is 0 Å². The molecule has 2 aromatic rings. The Kier molecular flexibility index (Phi) is 4.20. The number of hydrogen-bond acceptors (Lipinski definition) is 3. The summed E-state index contributed by atoms with van der Waals surface area (Å²) in [5, 5.41) is 0. The molecule has 0 unspecified atom stereocenters. The second-order valence-electron chi connectivity index (χ2n) is 4.37. The Morgan fingerprint density at radius 2 is 1.71 bits per heavy atom. The number of rotatable bonds is 3. The third-order valence-corrected chi connectivity index (χ3v) is 4.70. The first-order valence-electron chi connectivity index (χ1n) is 5.74. The van der Waals surface area contributed by atoms with Gasteiger partial charge in [-0.3, -0.25) is 4.72 Å². The number of aryl methyl sites for hydroxylation is 1. The van der Waals surface area contributed by atoms with Crippen LogP contribution in [-0.4, -0.2) is 8.42 Å². The van der Waals surface area contributed by atoms with Crippen LogP contribution in [0.4, 0.5) is 20.2 Å². The van der Waals surface area contributed by atoms with Gasteiger partial charge in [-0.1, -0.05) is 15.9 Å². The molecule has 0 bridgehead atoms. The molecule has 4 nitrogen and oxygen atoms in total. The first-order valence-corrected chi connectivity index (χ1v) is 8.02. The highest BCUT2D eigenvalue weighted by atomic mass is 79.9. The topological polar surface area (TPSA) is 72.2 Å². The van der Waals surface area contributed by atoms with E-state index in [-0.39, 0.29) is 9.37 Å². The molecule has 3 N–H and O–H groups in total. The van der Waals surface area contributed by atoms with Crippen LogP contribution in [0.25, 0.3) is 0 Å². The monoisotopic (exact) mass is 376 g/mol. The minimum atomic E-state index is -4.12. The van der Waals surface area contributed by atoms with E-state index < -0.39 is 27.3 Å². The smallest absolute Gasteiger partial charge is 0.262 e. The minimum absolute atomic E-state index is 0.0987. The Bertz CT molecular complexity index is 787. The summed E-state index contributed by atoms with van der Waals surface area (Å²) in [7, 11) is -4.12. The second kappa shape index (κ2) is 5.61. The average molecular weight is 377 g/mol. The van der Waals surface area contributed by atoms with E-state index in [1.807, 2.05) is 4.72 Å². The van der Waals surface area contributed by atoms with Gasteiger partial charge in [0, 0.05) is 10.2 Å². The second-order valence-corrected chi connectivity index (χ2v) is 6.94. The van der Waals surface area contributed by atoms with Gasteiger partial charge in [-0.25, -0.2) is 17.2 Å². The van der Waals surface area contributed by atoms with Crippen LogP contribution in [0.3, 0.4) is 0 Å². The first kappa shape index (κ1) is 15.7. The molecule has 0 heterocycles. The van der Waals surface area contributed by atoms with E-state index in [1.54, 1.807) is 6.92 Å². The summed E-state index contributed by atoms with van der Waals surface area (Å²) in [4.78, 5) is -0.0987. The molecule has 0 aliphatic heterocycles. The molecule has 0 saturated heterocycles. The van der Waals surface area contributed by atoms with E-state index in [0.717, 1.165) is 12.1 Å².